The molecule has 1 aliphatic heterocycles. The number of carbonyl (C=O) groups excluding carboxylic acids is 2. The van der Waals surface area contributed by atoms with E-state index >= 15 is 0 Å². The minimum Gasteiger partial charge on any atom is -0.357 e. The highest BCUT2D eigenvalue weighted by atomic mass is 19.1. The van der Waals surface area contributed by atoms with Crippen molar-refractivity contribution in [1.29, 1.82) is 0 Å². The predicted octanol–water partition coefficient (Wildman–Crippen LogP) is 2.46. The van der Waals surface area contributed by atoms with E-state index in [1.807, 2.05) is 6.07 Å². The van der Waals surface area contributed by atoms with Crippen LogP contribution in [0.5, 0.6) is 0 Å². The van der Waals surface area contributed by atoms with Gasteiger partial charge in [0.15, 0.2) is 0 Å². The van der Waals surface area contributed by atoms with Crippen LogP contribution in [0.2, 0.25) is 0 Å². The van der Waals surface area contributed by atoms with Crippen LogP contribution in [0, 0.1) is 5.82 Å². The molecular formula is C19H22FN3O2. The fraction of sp³-hybridized carbons (Fsp3) is 0.368. The van der Waals surface area contributed by atoms with Crippen LogP contribution in [0.1, 0.15) is 28.9 Å². The first-order valence-corrected chi connectivity index (χ1v) is 8.58. The summed E-state index contributed by atoms with van der Waals surface area (Å²) in [5, 5.41) is 0. The lowest BCUT2D eigenvalue weighted by molar-refractivity contribution is -0.131. The summed E-state index contributed by atoms with van der Waals surface area (Å²) in [7, 11) is 0. The first-order valence-electron chi connectivity index (χ1n) is 8.58. The van der Waals surface area contributed by atoms with Gasteiger partial charge in [-0.3, -0.25) is 9.59 Å². The Morgan fingerprint density at radius 1 is 1.04 bits per heavy atom. The zero-order valence-corrected chi connectivity index (χ0v) is 14.1. The van der Waals surface area contributed by atoms with E-state index in [9.17, 15) is 14.0 Å². The molecule has 0 radical (unpaired) electrons. The summed E-state index contributed by atoms with van der Waals surface area (Å²) >= 11 is 0. The molecule has 0 atom stereocenters. The number of nitrogens with one attached hydrogen (secondary N) is 1. The van der Waals surface area contributed by atoms with Crippen molar-refractivity contribution in [3.8, 4) is 0 Å². The van der Waals surface area contributed by atoms with Gasteiger partial charge >= 0.3 is 0 Å². The van der Waals surface area contributed by atoms with Gasteiger partial charge in [-0.25, -0.2) is 4.39 Å². The number of aromatic amines is 1. The van der Waals surface area contributed by atoms with E-state index in [4.69, 9.17) is 0 Å². The lowest BCUT2D eigenvalue weighted by Gasteiger charge is -2.22. The van der Waals surface area contributed by atoms with Crippen LogP contribution in [0.15, 0.2) is 42.6 Å². The maximum absolute atomic E-state index is 13.2. The topological polar surface area (TPSA) is 56.4 Å². The van der Waals surface area contributed by atoms with Crippen LogP contribution in [-0.4, -0.2) is 52.8 Å². The normalized spacial score (nSPS) is 15.1. The maximum Gasteiger partial charge on any atom is 0.270 e. The second-order valence-corrected chi connectivity index (χ2v) is 6.24. The highest BCUT2D eigenvalue weighted by molar-refractivity contribution is 5.92. The van der Waals surface area contributed by atoms with Crippen molar-refractivity contribution < 1.29 is 14.0 Å². The molecule has 25 heavy (non-hydrogen) atoms. The number of benzene rings is 1. The van der Waals surface area contributed by atoms with Crippen molar-refractivity contribution in [2.45, 2.75) is 19.3 Å². The van der Waals surface area contributed by atoms with E-state index < -0.39 is 0 Å². The van der Waals surface area contributed by atoms with E-state index in [1.165, 1.54) is 12.1 Å². The number of H-pyrrole nitrogens is 1. The summed E-state index contributed by atoms with van der Waals surface area (Å²) in [5.41, 5.74) is 1.40. The Kier molecular flexibility index (Phi) is 5.48. The van der Waals surface area contributed by atoms with Crippen LogP contribution < -0.4 is 0 Å². The molecule has 6 heteroatoms. The maximum atomic E-state index is 13.2. The average molecular weight is 343 g/mol. The van der Waals surface area contributed by atoms with Crippen molar-refractivity contribution in [3.05, 3.63) is 59.7 Å². The molecule has 2 heterocycles. The molecule has 0 aliphatic carbocycles. The van der Waals surface area contributed by atoms with Gasteiger partial charge in [-0.05, 0) is 42.7 Å². The van der Waals surface area contributed by atoms with Gasteiger partial charge < -0.3 is 14.8 Å². The number of hydrogen-bond acceptors (Lipinski definition) is 2. The predicted molar refractivity (Wildman–Crippen MR) is 92.6 cm³/mol. The van der Waals surface area contributed by atoms with Gasteiger partial charge in [0.2, 0.25) is 5.91 Å². The standard InChI is InChI=1S/C19H22FN3O2/c20-16-5-1-4-15(14-16)7-8-18(24)22-10-3-11-23(13-12-22)19(25)17-6-2-9-21-17/h1-2,4-6,9,14,21H,3,7-8,10-13H2. The Morgan fingerprint density at radius 2 is 1.84 bits per heavy atom. The van der Waals surface area contributed by atoms with Crippen molar-refractivity contribution in [1.82, 2.24) is 14.8 Å². The molecule has 1 fully saturated rings. The van der Waals surface area contributed by atoms with Gasteiger partial charge in [0.25, 0.3) is 5.91 Å². The molecule has 0 unspecified atom stereocenters. The minimum absolute atomic E-state index is 0.0286. The highest BCUT2D eigenvalue weighted by Gasteiger charge is 2.23. The quantitative estimate of drug-likeness (QED) is 0.927. The number of nitrogens with zero attached hydrogens (tertiary/aromatic N) is 2. The lowest BCUT2D eigenvalue weighted by Crippen LogP contribution is -2.37. The highest BCUT2D eigenvalue weighted by Crippen LogP contribution is 2.11. The van der Waals surface area contributed by atoms with E-state index in [0.29, 0.717) is 44.7 Å². The summed E-state index contributed by atoms with van der Waals surface area (Å²) in [6, 6.07) is 9.91. The summed E-state index contributed by atoms with van der Waals surface area (Å²) < 4.78 is 13.2. The smallest absolute Gasteiger partial charge is 0.270 e. The molecule has 2 aromatic rings. The van der Waals surface area contributed by atoms with Crippen molar-refractivity contribution in [2.24, 2.45) is 0 Å². The third kappa shape index (κ3) is 4.47. The molecule has 0 bridgehead atoms. The SMILES string of the molecule is O=C(CCc1cccc(F)c1)N1CCCN(C(=O)c2ccc[nH]2)CC1. The Hall–Kier alpha value is -2.63. The monoisotopic (exact) mass is 343 g/mol. The van der Waals surface area contributed by atoms with Gasteiger partial charge in [-0.2, -0.15) is 0 Å². The van der Waals surface area contributed by atoms with Crippen LogP contribution >= 0.6 is 0 Å². The third-order valence-electron chi connectivity index (χ3n) is 4.48. The number of hydrogen-bond donors (Lipinski definition) is 1. The first kappa shape index (κ1) is 17.2. The Balaban J connectivity index is 1.52. The van der Waals surface area contributed by atoms with Crippen LogP contribution in [0.4, 0.5) is 4.39 Å². The average Bonchev–Trinajstić information content (AvgIpc) is 3.03. The summed E-state index contributed by atoms with van der Waals surface area (Å²) in [4.78, 5) is 31.3. The van der Waals surface area contributed by atoms with Gasteiger partial charge in [0.1, 0.15) is 11.5 Å². The molecule has 0 saturated carbocycles. The molecule has 1 aliphatic rings. The zero-order valence-electron chi connectivity index (χ0n) is 14.1. The van der Waals surface area contributed by atoms with Gasteiger partial charge in [-0.1, -0.05) is 12.1 Å². The molecule has 5 nitrogen and oxygen atoms in total. The third-order valence-corrected chi connectivity index (χ3v) is 4.48. The molecular weight excluding hydrogens is 321 g/mol. The summed E-state index contributed by atoms with van der Waals surface area (Å²) in [5.74, 6) is -0.254. The van der Waals surface area contributed by atoms with Crippen molar-refractivity contribution >= 4 is 11.8 Å². The number of carbonyl (C=O) groups is 2. The molecule has 132 valence electrons. The largest absolute Gasteiger partial charge is 0.357 e. The molecule has 2 amide bonds. The van der Waals surface area contributed by atoms with Crippen molar-refractivity contribution in [2.75, 3.05) is 26.2 Å². The van der Waals surface area contributed by atoms with E-state index in [1.54, 1.807) is 34.2 Å². The van der Waals surface area contributed by atoms with Gasteiger partial charge in [0.05, 0.1) is 0 Å². The number of aryl methyl sites for hydroxylation is 1. The first-order chi connectivity index (χ1) is 12.1. The molecule has 0 spiro atoms. The lowest BCUT2D eigenvalue weighted by atomic mass is 10.1. The van der Waals surface area contributed by atoms with E-state index in [-0.39, 0.29) is 17.6 Å². The molecule has 1 saturated heterocycles. The van der Waals surface area contributed by atoms with E-state index in [0.717, 1.165) is 12.0 Å². The Labute approximate surface area is 146 Å². The van der Waals surface area contributed by atoms with Crippen LogP contribution in [0.3, 0.4) is 0 Å². The Morgan fingerprint density at radius 3 is 2.60 bits per heavy atom. The molecule has 3 rings (SSSR count). The van der Waals surface area contributed by atoms with Gasteiger partial charge in [0, 0.05) is 38.8 Å². The van der Waals surface area contributed by atoms with Crippen LogP contribution in [-0.2, 0) is 11.2 Å². The molecule has 1 aromatic carbocycles. The van der Waals surface area contributed by atoms with Crippen molar-refractivity contribution in [3.63, 3.8) is 0 Å². The second-order valence-electron chi connectivity index (χ2n) is 6.24. The molecule has 1 aromatic heterocycles. The van der Waals surface area contributed by atoms with Gasteiger partial charge in [-0.15, -0.1) is 0 Å². The zero-order chi connectivity index (χ0) is 17.6. The van der Waals surface area contributed by atoms with Crippen LogP contribution in [0.25, 0.3) is 0 Å². The fourth-order valence-electron chi connectivity index (χ4n) is 3.11. The number of aromatic nitrogens is 1. The minimum atomic E-state index is -0.279. The summed E-state index contributed by atoms with van der Waals surface area (Å²) in [6.07, 6.45) is 3.37. The number of rotatable bonds is 4. The molecule has 1 N–H and O–H groups in total. The fourth-order valence-corrected chi connectivity index (χ4v) is 3.11. The van der Waals surface area contributed by atoms with E-state index in [2.05, 4.69) is 4.98 Å². The summed E-state index contributed by atoms with van der Waals surface area (Å²) in [6.45, 7) is 2.36. The number of halogens is 1. The second kappa shape index (κ2) is 7.96. The Bertz CT molecular complexity index is 730. The number of amides is 2.